The molecule has 3 aliphatic rings. The van der Waals surface area contributed by atoms with Crippen molar-refractivity contribution in [1.29, 1.82) is 0 Å². The molecule has 1 heterocycles. The molecule has 2 amide bonds. The zero-order valence-corrected chi connectivity index (χ0v) is 17.0. The molecular weight excluding hydrogens is 362 g/mol. The first-order valence-electron chi connectivity index (χ1n) is 9.93. The predicted molar refractivity (Wildman–Crippen MR) is 107 cm³/mol. The Hall–Kier alpha value is -1.69. The Kier molecular flexibility index (Phi) is 7.05. The quantitative estimate of drug-likeness (QED) is 0.486. The minimum atomic E-state index is -0.328. The summed E-state index contributed by atoms with van der Waals surface area (Å²) in [6.45, 7) is 2.82. The lowest BCUT2D eigenvalue weighted by Crippen LogP contribution is -2.18. The van der Waals surface area contributed by atoms with Crippen LogP contribution in [0.2, 0.25) is 0 Å². The topological polar surface area (TPSA) is 64.6 Å². The molecule has 1 atom stereocenters. The Bertz CT molecular complexity index is 674. The van der Waals surface area contributed by atoms with Crippen LogP contribution in [0.3, 0.4) is 0 Å². The highest BCUT2D eigenvalue weighted by molar-refractivity contribution is 8.18. The molecule has 27 heavy (non-hydrogen) atoms. The number of carbonyl (C=O) groups is 2. The maximum Gasteiger partial charge on any atom is 0.290 e. The second kappa shape index (κ2) is 9.49. The van der Waals surface area contributed by atoms with Gasteiger partial charge in [0, 0.05) is 6.42 Å². The van der Waals surface area contributed by atoms with Crippen LogP contribution < -0.4 is 5.32 Å². The lowest BCUT2D eigenvalue weighted by atomic mass is 9.86. The van der Waals surface area contributed by atoms with E-state index in [1.54, 1.807) is 13.2 Å². The zero-order valence-electron chi connectivity index (χ0n) is 16.2. The summed E-state index contributed by atoms with van der Waals surface area (Å²) < 4.78 is 11.6. The Morgan fingerprint density at radius 2 is 2.04 bits per heavy atom. The molecule has 1 saturated heterocycles. The van der Waals surface area contributed by atoms with E-state index in [1.165, 1.54) is 38.5 Å². The molecule has 0 radical (unpaired) electrons. The van der Waals surface area contributed by atoms with Crippen molar-refractivity contribution in [3.8, 4) is 0 Å². The van der Waals surface area contributed by atoms with Gasteiger partial charge in [0.15, 0.2) is 5.76 Å². The van der Waals surface area contributed by atoms with E-state index in [0.717, 1.165) is 48.5 Å². The van der Waals surface area contributed by atoms with Gasteiger partial charge in [0.2, 0.25) is 0 Å². The van der Waals surface area contributed by atoms with Crippen molar-refractivity contribution in [2.24, 2.45) is 11.8 Å². The molecule has 3 rings (SSSR count). The Morgan fingerprint density at radius 1 is 1.26 bits per heavy atom. The SMILES string of the molecule is COC1=C(OCCCC2CCCCC2)CC(C)C(/C=C2\SC(=O)NC2=O)=C1. The standard InChI is InChI=1S/C21H29NO4S/c1-14-11-18(26-10-6-9-15-7-4-3-5-8-15)17(25-2)12-16(14)13-19-20(23)22-21(24)27-19/h12-15H,3-11H2,1-2H3,(H,22,23,24)/b19-13-. The van der Waals surface area contributed by atoms with Crippen LogP contribution in [0.4, 0.5) is 4.79 Å². The van der Waals surface area contributed by atoms with Gasteiger partial charge in [-0.1, -0.05) is 39.0 Å². The number of amides is 2. The van der Waals surface area contributed by atoms with Crippen LogP contribution in [-0.2, 0) is 14.3 Å². The van der Waals surface area contributed by atoms with Gasteiger partial charge in [0.1, 0.15) is 5.76 Å². The number of ether oxygens (including phenoxy) is 2. The molecule has 6 heteroatoms. The van der Waals surface area contributed by atoms with Crippen molar-refractivity contribution in [2.75, 3.05) is 13.7 Å². The van der Waals surface area contributed by atoms with Gasteiger partial charge < -0.3 is 9.47 Å². The van der Waals surface area contributed by atoms with E-state index in [1.807, 2.05) is 6.08 Å². The highest BCUT2D eigenvalue weighted by atomic mass is 32.2. The summed E-state index contributed by atoms with van der Waals surface area (Å²) in [6.07, 6.45) is 13.7. The summed E-state index contributed by atoms with van der Waals surface area (Å²) in [6, 6.07) is 0. The third kappa shape index (κ3) is 5.41. The van der Waals surface area contributed by atoms with E-state index in [9.17, 15) is 9.59 Å². The van der Waals surface area contributed by atoms with Crippen molar-refractivity contribution < 1.29 is 19.1 Å². The van der Waals surface area contributed by atoms with Crippen LogP contribution in [0.5, 0.6) is 0 Å². The molecule has 1 saturated carbocycles. The van der Waals surface area contributed by atoms with Crippen LogP contribution in [0.25, 0.3) is 0 Å². The van der Waals surface area contributed by atoms with Crippen LogP contribution in [0.15, 0.2) is 34.1 Å². The minimum absolute atomic E-state index is 0.203. The molecule has 1 N–H and O–H groups in total. The number of hydrogen-bond donors (Lipinski definition) is 1. The molecule has 0 aromatic rings. The first-order valence-corrected chi connectivity index (χ1v) is 10.7. The smallest absolute Gasteiger partial charge is 0.290 e. The molecule has 5 nitrogen and oxygen atoms in total. The number of methoxy groups -OCH3 is 1. The summed E-state index contributed by atoms with van der Waals surface area (Å²) in [5, 5.41) is 1.97. The van der Waals surface area contributed by atoms with E-state index in [4.69, 9.17) is 9.47 Å². The van der Waals surface area contributed by atoms with Gasteiger partial charge in [-0.25, -0.2) is 0 Å². The highest BCUT2D eigenvalue weighted by Gasteiger charge is 2.28. The van der Waals surface area contributed by atoms with E-state index in [2.05, 4.69) is 12.2 Å². The zero-order chi connectivity index (χ0) is 19.2. The normalized spacial score (nSPS) is 25.6. The van der Waals surface area contributed by atoms with Crippen molar-refractivity contribution in [3.63, 3.8) is 0 Å². The molecule has 148 valence electrons. The summed E-state index contributed by atoms with van der Waals surface area (Å²) in [5.41, 5.74) is 0.980. The first-order chi connectivity index (χ1) is 13.1. The highest BCUT2D eigenvalue weighted by Crippen LogP contribution is 2.34. The predicted octanol–water partition coefficient (Wildman–Crippen LogP) is 5.05. The summed E-state index contributed by atoms with van der Waals surface area (Å²) >= 11 is 0.942. The van der Waals surface area contributed by atoms with Gasteiger partial charge in [0.25, 0.3) is 11.1 Å². The van der Waals surface area contributed by atoms with Crippen LogP contribution >= 0.6 is 11.8 Å². The van der Waals surface area contributed by atoms with Crippen LogP contribution in [-0.4, -0.2) is 24.9 Å². The van der Waals surface area contributed by atoms with E-state index in [-0.39, 0.29) is 17.1 Å². The molecule has 0 spiro atoms. The average molecular weight is 392 g/mol. The monoisotopic (exact) mass is 391 g/mol. The number of thioether (sulfide) groups is 1. The second-order valence-corrected chi connectivity index (χ2v) is 8.60. The summed E-state index contributed by atoms with van der Waals surface area (Å²) in [4.78, 5) is 23.5. The Morgan fingerprint density at radius 3 is 2.70 bits per heavy atom. The third-order valence-electron chi connectivity index (χ3n) is 5.55. The fourth-order valence-corrected chi connectivity index (χ4v) is 4.66. The Labute approximate surface area is 165 Å². The molecule has 2 aliphatic carbocycles. The maximum absolute atomic E-state index is 11.8. The number of rotatable bonds is 7. The second-order valence-electron chi connectivity index (χ2n) is 7.59. The average Bonchev–Trinajstić information content (AvgIpc) is 2.98. The fourth-order valence-electron chi connectivity index (χ4n) is 3.97. The van der Waals surface area contributed by atoms with Gasteiger partial charge in [-0.3, -0.25) is 14.9 Å². The number of hydrogen-bond acceptors (Lipinski definition) is 5. The minimum Gasteiger partial charge on any atom is -0.494 e. The van der Waals surface area contributed by atoms with Gasteiger partial charge >= 0.3 is 0 Å². The van der Waals surface area contributed by atoms with Crippen molar-refractivity contribution >= 4 is 22.9 Å². The third-order valence-corrected chi connectivity index (χ3v) is 6.36. The van der Waals surface area contributed by atoms with E-state index in [0.29, 0.717) is 10.7 Å². The van der Waals surface area contributed by atoms with E-state index < -0.39 is 0 Å². The van der Waals surface area contributed by atoms with Gasteiger partial charge in [0.05, 0.1) is 18.6 Å². The molecule has 2 fully saturated rings. The lowest BCUT2D eigenvalue weighted by molar-refractivity contribution is -0.115. The van der Waals surface area contributed by atoms with Crippen molar-refractivity contribution in [2.45, 2.75) is 58.3 Å². The molecule has 0 bridgehead atoms. The van der Waals surface area contributed by atoms with E-state index >= 15 is 0 Å². The number of imide groups is 1. The number of carbonyl (C=O) groups excluding carboxylic acids is 2. The van der Waals surface area contributed by atoms with Gasteiger partial charge in [-0.2, -0.15) is 0 Å². The Balaban J connectivity index is 1.58. The molecule has 1 unspecified atom stereocenters. The first kappa shape index (κ1) is 20.1. The number of allylic oxidation sites excluding steroid dienone is 4. The summed E-state index contributed by atoms with van der Waals surface area (Å²) in [5.74, 6) is 2.35. The summed E-state index contributed by atoms with van der Waals surface area (Å²) in [7, 11) is 1.64. The fraction of sp³-hybridized carbons (Fsp3) is 0.619. The molecular formula is C21H29NO4S. The molecule has 1 aliphatic heterocycles. The van der Waals surface area contributed by atoms with Crippen LogP contribution in [0, 0.1) is 11.8 Å². The van der Waals surface area contributed by atoms with Gasteiger partial charge in [-0.05, 0) is 54.2 Å². The van der Waals surface area contributed by atoms with Gasteiger partial charge in [-0.15, -0.1) is 0 Å². The largest absolute Gasteiger partial charge is 0.494 e. The van der Waals surface area contributed by atoms with Crippen LogP contribution in [0.1, 0.15) is 58.3 Å². The molecule has 0 aromatic heterocycles. The van der Waals surface area contributed by atoms with Crippen molar-refractivity contribution in [1.82, 2.24) is 5.32 Å². The maximum atomic E-state index is 11.8. The van der Waals surface area contributed by atoms with Crippen molar-refractivity contribution in [3.05, 3.63) is 34.1 Å². The number of nitrogens with one attached hydrogen (secondary N) is 1. The lowest BCUT2D eigenvalue weighted by Gasteiger charge is -2.24. The molecule has 0 aromatic carbocycles.